The fourth-order valence-electron chi connectivity index (χ4n) is 2.81. The van der Waals surface area contributed by atoms with Gasteiger partial charge in [-0.2, -0.15) is 0 Å². The van der Waals surface area contributed by atoms with Gasteiger partial charge >= 0.3 is 0 Å². The average molecular weight is 425 g/mol. The quantitative estimate of drug-likeness (QED) is 0.793. The Morgan fingerprint density at radius 3 is 2.20 bits per heavy atom. The number of anilines is 2. The number of halogens is 1. The number of sulfonamides is 1. The topological polar surface area (TPSA) is 66.5 Å². The SMILES string of the molecule is Cc1cc(C)c(N(CC(=O)Nc2ccccc2Br)S(C)(=O)=O)c(C)c1. The van der Waals surface area contributed by atoms with Crippen LogP contribution in [0.3, 0.4) is 0 Å². The molecular formula is C18H21BrN2O3S. The van der Waals surface area contributed by atoms with Gasteiger partial charge in [0.2, 0.25) is 15.9 Å². The first-order valence-corrected chi connectivity index (χ1v) is 10.3. The van der Waals surface area contributed by atoms with Gasteiger partial charge in [0.05, 0.1) is 17.6 Å². The van der Waals surface area contributed by atoms with E-state index in [1.807, 2.05) is 39.0 Å². The average Bonchev–Trinajstić information content (AvgIpc) is 2.46. The summed E-state index contributed by atoms with van der Waals surface area (Å²) >= 11 is 3.36. The van der Waals surface area contributed by atoms with Crippen LogP contribution in [0.1, 0.15) is 16.7 Å². The number of aryl methyl sites for hydroxylation is 3. The highest BCUT2D eigenvalue weighted by Crippen LogP contribution is 2.28. The Morgan fingerprint density at radius 1 is 1.12 bits per heavy atom. The Bertz CT molecular complexity index is 887. The van der Waals surface area contributed by atoms with Crippen molar-refractivity contribution in [2.45, 2.75) is 20.8 Å². The molecular weight excluding hydrogens is 404 g/mol. The molecule has 0 saturated heterocycles. The highest BCUT2D eigenvalue weighted by molar-refractivity contribution is 9.10. The molecule has 0 aliphatic carbocycles. The van der Waals surface area contributed by atoms with Gasteiger partial charge in [0.25, 0.3) is 0 Å². The molecule has 0 aliphatic rings. The van der Waals surface area contributed by atoms with E-state index in [0.29, 0.717) is 11.4 Å². The lowest BCUT2D eigenvalue weighted by molar-refractivity contribution is -0.114. The Morgan fingerprint density at radius 2 is 1.68 bits per heavy atom. The third-order valence-electron chi connectivity index (χ3n) is 3.72. The second kappa shape index (κ2) is 7.58. The van der Waals surface area contributed by atoms with E-state index in [0.717, 1.165) is 31.7 Å². The number of hydrogen-bond donors (Lipinski definition) is 1. The molecule has 134 valence electrons. The van der Waals surface area contributed by atoms with Crippen molar-refractivity contribution in [1.82, 2.24) is 0 Å². The molecule has 0 spiro atoms. The summed E-state index contributed by atoms with van der Waals surface area (Å²) in [5.41, 5.74) is 3.83. The molecule has 7 heteroatoms. The normalized spacial score (nSPS) is 11.2. The first kappa shape index (κ1) is 19.5. The van der Waals surface area contributed by atoms with Gasteiger partial charge in [0.1, 0.15) is 6.54 Å². The molecule has 0 saturated carbocycles. The fraction of sp³-hybridized carbons (Fsp3) is 0.278. The lowest BCUT2D eigenvalue weighted by Crippen LogP contribution is -2.38. The fourth-order valence-corrected chi connectivity index (χ4v) is 4.17. The number of rotatable bonds is 5. The summed E-state index contributed by atoms with van der Waals surface area (Å²) in [7, 11) is -3.61. The van der Waals surface area contributed by atoms with Gasteiger partial charge < -0.3 is 5.32 Å². The lowest BCUT2D eigenvalue weighted by Gasteiger charge is -2.26. The lowest BCUT2D eigenvalue weighted by atomic mass is 10.1. The summed E-state index contributed by atoms with van der Waals surface area (Å²) in [4.78, 5) is 12.4. The molecule has 0 radical (unpaired) electrons. The Labute approximate surface area is 157 Å². The largest absolute Gasteiger partial charge is 0.323 e. The van der Waals surface area contributed by atoms with Crippen molar-refractivity contribution in [1.29, 1.82) is 0 Å². The van der Waals surface area contributed by atoms with Crippen molar-refractivity contribution in [3.05, 3.63) is 57.6 Å². The van der Waals surface area contributed by atoms with Crippen LogP contribution in [0, 0.1) is 20.8 Å². The summed E-state index contributed by atoms with van der Waals surface area (Å²) in [6, 6.07) is 11.0. The molecule has 0 heterocycles. The van der Waals surface area contributed by atoms with Crippen LogP contribution in [0.15, 0.2) is 40.9 Å². The van der Waals surface area contributed by atoms with Crippen LogP contribution in [0.4, 0.5) is 11.4 Å². The van der Waals surface area contributed by atoms with Gasteiger partial charge in [-0.15, -0.1) is 0 Å². The van der Waals surface area contributed by atoms with Crippen molar-refractivity contribution in [2.75, 3.05) is 22.4 Å². The number of amides is 1. The smallest absolute Gasteiger partial charge is 0.245 e. The van der Waals surface area contributed by atoms with Crippen LogP contribution in [-0.4, -0.2) is 27.1 Å². The summed E-state index contributed by atoms with van der Waals surface area (Å²) in [5, 5.41) is 2.74. The van der Waals surface area contributed by atoms with E-state index in [9.17, 15) is 13.2 Å². The maximum atomic E-state index is 12.4. The molecule has 0 unspecified atom stereocenters. The molecule has 25 heavy (non-hydrogen) atoms. The van der Waals surface area contributed by atoms with E-state index < -0.39 is 15.9 Å². The van der Waals surface area contributed by atoms with Crippen molar-refractivity contribution < 1.29 is 13.2 Å². The number of para-hydroxylation sites is 1. The molecule has 0 atom stereocenters. The number of nitrogens with one attached hydrogen (secondary N) is 1. The number of nitrogens with zero attached hydrogens (tertiary/aromatic N) is 1. The van der Waals surface area contributed by atoms with E-state index in [-0.39, 0.29) is 6.54 Å². The molecule has 2 aromatic carbocycles. The Hall–Kier alpha value is -1.86. The van der Waals surface area contributed by atoms with E-state index >= 15 is 0 Å². The van der Waals surface area contributed by atoms with Crippen LogP contribution >= 0.6 is 15.9 Å². The first-order valence-electron chi connectivity index (χ1n) is 7.69. The number of benzene rings is 2. The highest BCUT2D eigenvalue weighted by Gasteiger charge is 2.24. The predicted octanol–water partition coefficient (Wildman–Crippen LogP) is 3.78. The molecule has 2 rings (SSSR count). The van der Waals surface area contributed by atoms with Gasteiger partial charge in [0, 0.05) is 4.47 Å². The molecule has 5 nitrogen and oxygen atoms in total. The third-order valence-corrected chi connectivity index (χ3v) is 5.52. The van der Waals surface area contributed by atoms with Crippen molar-refractivity contribution in [2.24, 2.45) is 0 Å². The minimum absolute atomic E-state index is 0.287. The zero-order valence-corrected chi connectivity index (χ0v) is 17.0. The second-order valence-electron chi connectivity index (χ2n) is 6.04. The molecule has 0 aliphatic heterocycles. The number of hydrogen-bond acceptors (Lipinski definition) is 3. The van der Waals surface area contributed by atoms with Crippen LogP contribution in [0.2, 0.25) is 0 Å². The number of carbonyl (C=O) groups is 1. The van der Waals surface area contributed by atoms with E-state index in [1.54, 1.807) is 18.2 Å². The molecule has 0 fully saturated rings. The minimum atomic E-state index is -3.61. The van der Waals surface area contributed by atoms with E-state index in [1.165, 1.54) is 0 Å². The molecule has 2 aromatic rings. The summed E-state index contributed by atoms with van der Waals surface area (Å²) in [6.45, 7) is 5.36. The van der Waals surface area contributed by atoms with Crippen LogP contribution in [-0.2, 0) is 14.8 Å². The third kappa shape index (κ3) is 4.83. The zero-order chi connectivity index (χ0) is 18.8. The second-order valence-corrected chi connectivity index (χ2v) is 8.81. The molecule has 0 aromatic heterocycles. The van der Waals surface area contributed by atoms with Crippen LogP contribution < -0.4 is 9.62 Å². The highest BCUT2D eigenvalue weighted by atomic mass is 79.9. The monoisotopic (exact) mass is 424 g/mol. The van der Waals surface area contributed by atoms with Crippen LogP contribution in [0.25, 0.3) is 0 Å². The minimum Gasteiger partial charge on any atom is -0.323 e. The molecule has 0 bridgehead atoms. The summed E-state index contributed by atoms with van der Waals surface area (Å²) in [6.07, 6.45) is 1.11. The number of carbonyl (C=O) groups excluding carboxylic acids is 1. The summed E-state index contributed by atoms with van der Waals surface area (Å²) in [5.74, 6) is -0.406. The maximum Gasteiger partial charge on any atom is 0.245 e. The predicted molar refractivity (Wildman–Crippen MR) is 106 cm³/mol. The standard InChI is InChI=1S/C18H21BrN2O3S/c1-12-9-13(2)18(14(3)10-12)21(25(4,23)24)11-17(22)20-16-8-6-5-7-15(16)19/h5-10H,11H2,1-4H3,(H,20,22). The van der Waals surface area contributed by atoms with Crippen molar-refractivity contribution >= 4 is 43.2 Å². The molecule has 1 amide bonds. The van der Waals surface area contributed by atoms with E-state index in [4.69, 9.17) is 0 Å². The zero-order valence-electron chi connectivity index (χ0n) is 14.6. The van der Waals surface area contributed by atoms with Crippen molar-refractivity contribution in [3.63, 3.8) is 0 Å². The Kier molecular flexibility index (Phi) is 5.90. The van der Waals surface area contributed by atoms with Gasteiger partial charge in [0.15, 0.2) is 0 Å². The summed E-state index contributed by atoms with van der Waals surface area (Å²) < 4.78 is 26.5. The van der Waals surface area contributed by atoms with Crippen LogP contribution in [0.5, 0.6) is 0 Å². The van der Waals surface area contributed by atoms with E-state index in [2.05, 4.69) is 21.2 Å². The maximum absolute atomic E-state index is 12.4. The van der Waals surface area contributed by atoms with Gasteiger partial charge in [-0.1, -0.05) is 29.8 Å². The molecule has 1 N–H and O–H groups in total. The van der Waals surface area contributed by atoms with Gasteiger partial charge in [-0.05, 0) is 60.0 Å². The first-order chi connectivity index (χ1) is 11.6. The van der Waals surface area contributed by atoms with Crippen molar-refractivity contribution in [3.8, 4) is 0 Å². The van der Waals surface area contributed by atoms with Gasteiger partial charge in [-0.25, -0.2) is 8.42 Å². The van der Waals surface area contributed by atoms with Gasteiger partial charge in [-0.3, -0.25) is 9.10 Å². The Balaban J connectivity index is 2.35.